The number of amides is 1. The van der Waals surface area contributed by atoms with Crippen molar-refractivity contribution in [2.75, 3.05) is 19.6 Å². The minimum atomic E-state index is -0.0694. The predicted molar refractivity (Wildman–Crippen MR) is 141 cm³/mol. The first-order valence-electron chi connectivity index (χ1n) is 13.3. The van der Waals surface area contributed by atoms with Crippen LogP contribution in [0.1, 0.15) is 69.9 Å². The van der Waals surface area contributed by atoms with Crippen molar-refractivity contribution < 1.29 is 4.79 Å². The van der Waals surface area contributed by atoms with Gasteiger partial charge in [-0.05, 0) is 43.4 Å². The fraction of sp³-hybridized carbons (Fsp3) is 0.517. The average molecular weight is 475 g/mol. The van der Waals surface area contributed by atoms with E-state index in [1.54, 1.807) is 0 Å². The Labute approximate surface area is 207 Å². The zero-order valence-electron chi connectivity index (χ0n) is 20.9. The van der Waals surface area contributed by atoms with Crippen LogP contribution in [0.5, 0.6) is 0 Å². The maximum Gasteiger partial charge on any atom is 0.329 e. The maximum atomic E-state index is 13.6. The van der Waals surface area contributed by atoms with Gasteiger partial charge in [0.2, 0.25) is 5.91 Å². The Balaban J connectivity index is 1.40. The topological polar surface area (TPSA) is 59.3 Å². The largest absolute Gasteiger partial charge is 0.355 e. The smallest absolute Gasteiger partial charge is 0.329 e. The second-order valence-electron chi connectivity index (χ2n) is 10.3. The molecule has 0 spiro atoms. The number of imidazole rings is 1. The second kappa shape index (κ2) is 10.4. The van der Waals surface area contributed by atoms with Crippen LogP contribution in [0, 0.1) is 0 Å². The summed E-state index contributed by atoms with van der Waals surface area (Å²) in [6, 6.07) is 19.4. The number of benzene rings is 2. The molecule has 0 unspecified atom stereocenters. The quantitative estimate of drug-likeness (QED) is 0.521. The number of carbonyl (C=O) groups is 1. The summed E-state index contributed by atoms with van der Waals surface area (Å²) in [6.45, 7) is 4.48. The summed E-state index contributed by atoms with van der Waals surface area (Å²) >= 11 is 0. The lowest BCUT2D eigenvalue weighted by atomic mass is 9.79. The Morgan fingerprint density at radius 3 is 2.20 bits per heavy atom. The number of para-hydroxylation sites is 2. The maximum absolute atomic E-state index is 13.6. The molecule has 35 heavy (non-hydrogen) atoms. The number of hydrogen-bond acceptors (Lipinski definition) is 3. The third-order valence-electron chi connectivity index (χ3n) is 8.26. The van der Waals surface area contributed by atoms with Crippen LogP contribution in [-0.4, -0.2) is 39.6 Å². The first-order chi connectivity index (χ1) is 17.1. The summed E-state index contributed by atoms with van der Waals surface area (Å²) in [7, 11) is 0. The van der Waals surface area contributed by atoms with Gasteiger partial charge in [0.05, 0.1) is 11.0 Å². The zero-order chi connectivity index (χ0) is 24.3. The number of nitrogens with one attached hydrogen (secondary N) is 1. The average Bonchev–Trinajstić information content (AvgIpc) is 3.02. The van der Waals surface area contributed by atoms with Gasteiger partial charge in [-0.15, -0.1) is 0 Å². The Morgan fingerprint density at radius 1 is 0.914 bits per heavy atom. The number of fused-ring (bicyclic) bond motifs is 1. The number of aromatic nitrogens is 2. The number of hydrogen-bond donors (Lipinski definition) is 1. The van der Waals surface area contributed by atoms with Gasteiger partial charge in [0.1, 0.15) is 0 Å². The highest BCUT2D eigenvalue weighted by atomic mass is 16.2. The molecule has 0 atom stereocenters. The Kier molecular flexibility index (Phi) is 7.09. The van der Waals surface area contributed by atoms with Crippen molar-refractivity contribution in [3.05, 3.63) is 70.6 Å². The lowest BCUT2D eigenvalue weighted by Gasteiger charge is -2.47. The van der Waals surface area contributed by atoms with Crippen molar-refractivity contribution in [2.24, 2.45) is 0 Å². The Bertz CT molecular complexity index is 1200. The number of piperidine rings is 1. The Hall–Kier alpha value is -2.86. The van der Waals surface area contributed by atoms with Gasteiger partial charge in [-0.1, -0.05) is 68.1 Å². The van der Waals surface area contributed by atoms with E-state index in [4.69, 9.17) is 0 Å². The normalized spacial score (nSPS) is 19.5. The summed E-state index contributed by atoms with van der Waals surface area (Å²) in [5, 5.41) is 2.83. The van der Waals surface area contributed by atoms with E-state index in [1.807, 2.05) is 27.3 Å². The number of rotatable bonds is 6. The van der Waals surface area contributed by atoms with Gasteiger partial charge in [0.25, 0.3) is 0 Å². The van der Waals surface area contributed by atoms with Crippen molar-refractivity contribution in [3.8, 4) is 0 Å². The van der Waals surface area contributed by atoms with Gasteiger partial charge >= 0.3 is 5.69 Å². The summed E-state index contributed by atoms with van der Waals surface area (Å²) in [6.07, 6.45) is 9.65. The minimum absolute atomic E-state index is 0.0437. The van der Waals surface area contributed by atoms with Crippen LogP contribution < -0.4 is 11.0 Å². The van der Waals surface area contributed by atoms with Crippen molar-refractivity contribution in [3.63, 3.8) is 0 Å². The SMILES string of the molecule is CC(=O)NCCn1c(=O)n(C2CCN(C3(c4ccccc4)CCCCCC3)CC2)c2ccccc21. The summed E-state index contributed by atoms with van der Waals surface area (Å²) in [5.74, 6) is -0.0694. The number of nitrogens with zero attached hydrogens (tertiary/aromatic N) is 3. The molecule has 6 nitrogen and oxygen atoms in total. The molecule has 2 aromatic carbocycles. The molecule has 1 amide bonds. The molecule has 5 rings (SSSR count). The van der Waals surface area contributed by atoms with E-state index in [1.165, 1.54) is 51.0 Å². The summed E-state index contributed by atoms with van der Waals surface area (Å²) in [4.78, 5) is 27.7. The van der Waals surface area contributed by atoms with E-state index in [9.17, 15) is 9.59 Å². The first-order valence-corrected chi connectivity index (χ1v) is 13.3. The fourth-order valence-electron chi connectivity index (χ4n) is 6.55. The van der Waals surface area contributed by atoms with E-state index >= 15 is 0 Å². The van der Waals surface area contributed by atoms with Crippen LogP contribution in [0.3, 0.4) is 0 Å². The van der Waals surface area contributed by atoms with Gasteiger partial charge in [-0.2, -0.15) is 0 Å². The van der Waals surface area contributed by atoms with E-state index < -0.39 is 0 Å². The molecule has 2 heterocycles. The molecule has 1 aromatic heterocycles. The lowest BCUT2D eigenvalue weighted by molar-refractivity contribution is -0.118. The van der Waals surface area contributed by atoms with Gasteiger partial charge in [0.15, 0.2) is 0 Å². The first kappa shape index (κ1) is 23.9. The fourth-order valence-corrected chi connectivity index (χ4v) is 6.55. The van der Waals surface area contributed by atoms with Crippen molar-refractivity contribution >= 4 is 16.9 Å². The molecule has 3 aromatic rings. The number of carbonyl (C=O) groups excluding carboxylic acids is 1. The molecule has 6 heteroatoms. The Morgan fingerprint density at radius 2 is 1.54 bits per heavy atom. The van der Waals surface area contributed by atoms with Gasteiger partial charge in [-0.3, -0.25) is 18.8 Å². The highest BCUT2D eigenvalue weighted by Crippen LogP contribution is 2.43. The van der Waals surface area contributed by atoms with Gasteiger partial charge < -0.3 is 5.32 Å². The highest BCUT2D eigenvalue weighted by molar-refractivity contribution is 5.76. The van der Waals surface area contributed by atoms with Crippen molar-refractivity contribution in [2.45, 2.75) is 76.4 Å². The zero-order valence-corrected chi connectivity index (χ0v) is 20.9. The monoisotopic (exact) mass is 474 g/mol. The molecule has 186 valence electrons. The van der Waals surface area contributed by atoms with Crippen LogP contribution in [0.4, 0.5) is 0 Å². The third-order valence-corrected chi connectivity index (χ3v) is 8.26. The predicted octanol–water partition coefficient (Wildman–Crippen LogP) is 4.83. The van der Waals surface area contributed by atoms with Crippen LogP contribution in [0.25, 0.3) is 11.0 Å². The highest BCUT2D eigenvalue weighted by Gasteiger charge is 2.40. The molecule has 1 aliphatic heterocycles. The third kappa shape index (κ3) is 4.68. The van der Waals surface area contributed by atoms with E-state index in [-0.39, 0.29) is 23.2 Å². The molecule has 1 saturated carbocycles. The second-order valence-corrected chi connectivity index (χ2v) is 10.3. The summed E-state index contributed by atoms with van der Waals surface area (Å²) < 4.78 is 3.86. The standard InChI is InChI=1S/C29H38N4O2/c1-23(34)30-19-22-32-26-13-7-8-14-27(26)33(28(32)35)25-15-20-31(21-16-25)29(17-9-2-3-10-18-29)24-11-5-4-6-12-24/h4-8,11-14,25H,2-3,9-10,15-22H2,1H3,(H,30,34). The van der Waals surface area contributed by atoms with Crippen LogP contribution in [0.2, 0.25) is 0 Å². The van der Waals surface area contributed by atoms with Gasteiger partial charge in [-0.25, -0.2) is 4.79 Å². The number of likely N-dealkylation sites (tertiary alicyclic amines) is 1. The lowest BCUT2D eigenvalue weighted by Crippen LogP contribution is -2.50. The van der Waals surface area contributed by atoms with E-state index in [0.717, 1.165) is 37.0 Å². The molecule has 1 aliphatic carbocycles. The molecular weight excluding hydrogens is 436 g/mol. The van der Waals surface area contributed by atoms with Crippen molar-refractivity contribution in [1.29, 1.82) is 0 Å². The molecular formula is C29H38N4O2. The molecule has 1 saturated heterocycles. The van der Waals surface area contributed by atoms with Crippen LogP contribution in [0.15, 0.2) is 59.4 Å². The van der Waals surface area contributed by atoms with Crippen LogP contribution in [-0.2, 0) is 16.9 Å². The van der Waals surface area contributed by atoms with Crippen molar-refractivity contribution in [1.82, 2.24) is 19.4 Å². The van der Waals surface area contributed by atoms with Gasteiger partial charge in [0, 0.05) is 44.7 Å². The summed E-state index contributed by atoms with van der Waals surface area (Å²) in [5.41, 5.74) is 3.59. The molecule has 1 N–H and O–H groups in total. The van der Waals surface area contributed by atoms with Crippen LogP contribution >= 0.6 is 0 Å². The molecule has 2 fully saturated rings. The molecule has 0 bridgehead atoms. The minimum Gasteiger partial charge on any atom is -0.355 e. The molecule has 2 aliphatic rings. The van der Waals surface area contributed by atoms with E-state index in [2.05, 4.69) is 46.6 Å². The molecule has 0 radical (unpaired) electrons. The van der Waals surface area contributed by atoms with E-state index in [0.29, 0.717) is 13.1 Å².